The monoisotopic (exact) mass is 292 g/mol. The zero-order valence-corrected chi connectivity index (χ0v) is 10.4. The molecule has 7 nitrogen and oxygen atoms in total. The molecule has 0 unspecified atom stereocenters. The van der Waals surface area contributed by atoms with Crippen LogP contribution in [-0.4, -0.2) is 38.3 Å². The van der Waals surface area contributed by atoms with Crippen LogP contribution in [0.1, 0.15) is 25.6 Å². The molecule has 20 heavy (non-hydrogen) atoms. The lowest BCUT2D eigenvalue weighted by molar-refractivity contribution is -0.167. The van der Waals surface area contributed by atoms with Crippen LogP contribution < -0.4 is 5.32 Å². The number of aromatic amines is 1. The molecule has 1 aromatic heterocycles. The molecule has 1 heterocycles. The van der Waals surface area contributed by atoms with Gasteiger partial charge in [-0.15, -0.1) is 5.10 Å². The number of carbonyl (C=O) groups is 2. The maximum atomic E-state index is 12.0. The number of alkyl halides is 3. The number of aromatic nitrogens is 3. The summed E-state index contributed by atoms with van der Waals surface area (Å²) in [7, 11) is 0. The molecule has 0 aliphatic heterocycles. The number of carboxylic acid groups (broad SMARTS) is 1. The zero-order chi connectivity index (χ0) is 15.3. The molecular formula is C10H11F3N4O3. The van der Waals surface area contributed by atoms with Gasteiger partial charge in [0.15, 0.2) is 0 Å². The number of hydrogen-bond donors (Lipinski definition) is 3. The largest absolute Gasteiger partial charge is 0.481 e. The minimum Gasteiger partial charge on any atom is -0.481 e. The summed E-state index contributed by atoms with van der Waals surface area (Å²) < 4.78 is 36.1. The Balaban J connectivity index is 2.12. The van der Waals surface area contributed by atoms with Crippen LogP contribution in [0.3, 0.4) is 0 Å². The Morgan fingerprint density at radius 3 is 2.45 bits per heavy atom. The van der Waals surface area contributed by atoms with E-state index in [1.54, 1.807) is 13.8 Å². The zero-order valence-electron chi connectivity index (χ0n) is 10.4. The number of carboxylic acids is 1. The summed E-state index contributed by atoms with van der Waals surface area (Å²) in [6, 6.07) is 0. The Hall–Kier alpha value is -2.13. The molecule has 0 aromatic carbocycles. The van der Waals surface area contributed by atoms with Crippen molar-refractivity contribution in [2.24, 2.45) is 11.3 Å². The van der Waals surface area contributed by atoms with Gasteiger partial charge in [0.1, 0.15) is 5.82 Å². The van der Waals surface area contributed by atoms with E-state index in [0.717, 1.165) is 0 Å². The summed E-state index contributed by atoms with van der Waals surface area (Å²) in [6.45, 7) is 3.40. The average Bonchev–Trinajstić information content (AvgIpc) is 2.66. The molecule has 1 aliphatic carbocycles. The molecule has 110 valence electrons. The molecule has 3 N–H and O–H groups in total. The van der Waals surface area contributed by atoms with Gasteiger partial charge in [-0.25, -0.2) is 0 Å². The van der Waals surface area contributed by atoms with Crippen molar-refractivity contribution in [1.82, 2.24) is 15.2 Å². The number of nitrogens with zero attached hydrogens (tertiary/aromatic N) is 2. The number of anilines is 1. The molecule has 2 atom stereocenters. The summed E-state index contributed by atoms with van der Waals surface area (Å²) >= 11 is 0. The first kappa shape index (κ1) is 14.3. The second-order valence-corrected chi connectivity index (χ2v) is 5.11. The van der Waals surface area contributed by atoms with Crippen LogP contribution in [0.5, 0.6) is 0 Å². The van der Waals surface area contributed by atoms with Crippen molar-refractivity contribution >= 4 is 17.8 Å². The highest BCUT2D eigenvalue weighted by Crippen LogP contribution is 2.63. The van der Waals surface area contributed by atoms with Crippen molar-refractivity contribution in [3.63, 3.8) is 0 Å². The molecule has 0 bridgehead atoms. The number of rotatable bonds is 3. The standard InChI is InChI=1S/C10H11F3N4O3/c1-9(2)3(4(9)6(18)19)5-14-8(17-16-5)15-7(20)10(11,12)13/h3-4H,1-2H3,(H,18,19)(H2,14,15,16,17,20)/t3-,4+/m1/s1. The molecule has 1 saturated carbocycles. The lowest BCUT2D eigenvalue weighted by Gasteiger charge is -2.03. The fourth-order valence-electron chi connectivity index (χ4n) is 2.25. The van der Waals surface area contributed by atoms with E-state index in [1.807, 2.05) is 0 Å². The average molecular weight is 292 g/mol. The number of amides is 1. The van der Waals surface area contributed by atoms with Gasteiger partial charge in [-0.3, -0.25) is 20.0 Å². The van der Waals surface area contributed by atoms with E-state index in [4.69, 9.17) is 5.11 Å². The third-order valence-electron chi connectivity index (χ3n) is 3.37. The number of hydrogen-bond acceptors (Lipinski definition) is 4. The first-order valence-corrected chi connectivity index (χ1v) is 5.58. The smallest absolute Gasteiger partial charge is 0.471 e. The third kappa shape index (κ3) is 2.32. The first-order valence-electron chi connectivity index (χ1n) is 5.58. The highest BCUT2D eigenvalue weighted by atomic mass is 19.4. The second kappa shape index (κ2) is 4.18. The summed E-state index contributed by atoms with van der Waals surface area (Å²) in [6.07, 6.45) is -5.04. The van der Waals surface area contributed by atoms with E-state index in [0.29, 0.717) is 0 Å². The van der Waals surface area contributed by atoms with Crippen LogP contribution in [0.2, 0.25) is 0 Å². The second-order valence-electron chi connectivity index (χ2n) is 5.11. The SMILES string of the molecule is CC1(C)[C@H](C(=O)O)[C@@H]1c1nc(NC(=O)C(F)(F)F)n[nH]1. The van der Waals surface area contributed by atoms with Gasteiger partial charge >= 0.3 is 18.1 Å². The van der Waals surface area contributed by atoms with Crippen LogP contribution >= 0.6 is 0 Å². The molecule has 0 spiro atoms. The number of carbonyl (C=O) groups excluding carboxylic acids is 1. The molecule has 0 radical (unpaired) electrons. The number of halogens is 3. The van der Waals surface area contributed by atoms with E-state index in [1.165, 1.54) is 5.32 Å². The first-order chi connectivity index (χ1) is 9.05. The maximum Gasteiger partial charge on any atom is 0.471 e. The molecule has 0 saturated heterocycles. The normalized spacial score (nSPS) is 24.2. The van der Waals surface area contributed by atoms with Crippen molar-refractivity contribution in [3.8, 4) is 0 Å². The van der Waals surface area contributed by atoms with Gasteiger partial charge in [-0.2, -0.15) is 18.2 Å². The van der Waals surface area contributed by atoms with Crippen molar-refractivity contribution in [2.75, 3.05) is 5.32 Å². The Morgan fingerprint density at radius 1 is 1.40 bits per heavy atom. The van der Waals surface area contributed by atoms with Crippen molar-refractivity contribution in [3.05, 3.63) is 5.82 Å². The van der Waals surface area contributed by atoms with Gasteiger partial charge < -0.3 is 5.11 Å². The lowest BCUT2D eigenvalue weighted by atomic mass is 10.1. The Labute approximate surface area is 110 Å². The van der Waals surface area contributed by atoms with E-state index in [2.05, 4.69) is 15.2 Å². The molecule has 1 aliphatic rings. The summed E-state index contributed by atoms with van der Waals surface area (Å²) in [4.78, 5) is 25.4. The van der Waals surface area contributed by atoms with E-state index < -0.39 is 41.3 Å². The van der Waals surface area contributed by atoms with Gasteiger partial charge in [0.05, 0.1) is 5.92 Å². The fourth-order valence-corrected chi connectivity index (χ4v) is 2.25. The van der Waals surface area contributed by atoms with Crippen LogP contribution in [0.25, 0.3) is 0 Å². The van der Waals surface area contributed by atoms with Crippen LogP contribution in [-0.2, 0) is 9.59 Å². The minimum absolute atomic E-state index is 0.139. The number of aliphatic carboxylic acids is 1. The molecule has 1 aromatic rings. The summed E-state index contributed by atoms with van der Waals surface area (Å²) in [5.41, 5.74) is -0.573. The lowest BCUT2D eigenvalue weighted by Crippen LogP contribution is -2.30. The van der Waals surface area contributed by atoms with E-state index in [9.17, 15) is 22.8 Å². The Morgan fingerprint density at radius 2 is 2.00 bits per heavy atom. The Bertz CT molecular complexity index is 566. The van der Waals surface area contributed by atoms with Crippen molar-refractivity contribution in [1.29, 1.82) is 0 Å². The van der Waals surface area contributed by atoms with Gasteiger partial charge in [-0.05, 0) is 5.41 Å². The highest BCUT2D eigenvalue weighted by Gasteiger charge is 2.64. The van der Waals surface area contributed by atoms with Crippen molar-refractivity contribution in [2.45, 2.75) is 25.9 Å². The predicted octanol–water partition coefficient (Wildman–Crippen LogP) is 1.13. The molecule has 10 heteroatoms. The molecule has 1 amide bonds. The summed E-state index contributed by atoms with van der Waals surface area (Å²) in [5, 5.41) is 16.3. The molecule has 1 fully saturated rings. The highest BCUT2D eigenvalue weighted by molar-refractivity contribution is 5.93. The van der Waals surface area contributed by atoms with Crippen molar-refractivity contribution < 1.29 is 27.9 Å². The topological polar surface area (TPSA) is 108 Å². The van der Waals surface area contributed by atoms with Gasteiger partial charge in [0.2, 0.25) is 5.95 Å². The van der Waals surface area contributed by atoms with E-state index in [-0.39, 0.29) is 5.82 Å². The third-order valence-corrected chi connectivity index (χ3v) is 3.37. The molecular weight excluding hydrogens is 281 g/mol. The number of nitrogens with one attached hydrogen (secondary N) is 2. The fraction of sp³-hybridized carbons (Fsp3) is 0.600. The number of H-pyrrole nitrogens is 1. The molecule has 2 rings (SSSR count). The predicted molar refractivity (Wildman–Crippen MR) is 58.7 cm³/mol. The Kier molecular flexibility index (Phi) is 2.99. The van der Waals surface area contributed by atoms with Crippen LogP contribution in [0.15, 0.2) is 0 Å². The van der Waals surface area contributed by atoms with Crippen LogP contribution in [0.4, 0.5) is 19.1 Å². The minimum atomic E-state index is -5.04. The summed E-state index contributed by atoms with van der Waals surface area (Å²) in [5.74, 6) is -4.77. The maximum absolute atomic E-state index is 12.0. The van der Waals surface area contributed by atoms with Gasteiger partial charge in [-0.1, -0.05) is 13.8 Å². The quantitative estimate of drug-likeness (QED) is 0.774. The van der Waals surface area contributed by atoms with Crippen LogP contribution in [0, 0.1) is 11.3 Å². The van der Waals surface area contributed by atoms with Gasteiger partial charge in [0, 0.05) is 5.92 Å². The van der Waals surface area contributed by atoms with Gasteiger partial charge in [0.25, 0.3) is 0 Å². The van der Waals surface area contributed by atoms with E-state index >= 15 is 0 Å².